The van der Waals surface area contributed by atoms with Crippen LogP contribution in [0.4, 0.5) is 0 Å². The molecule has 2 aromatic rings. The van der Waals surface area contributed by atoms with Crippen LogP contribution in [0.1, 0.15) is 18.9 Å². The number of rotatable bonds is 1. The van der Waals surface area contributed by atoms with E-state index < -0.39 is 0 Å². The molecule has 7 heteroatoms. The highest BCUT2D eigenvalue weighted by molar-refractivity contribution is 7.17. The van der Waals surface area contributed by atoms with Crippen molar-refractivity contribution >= 4 is 34.0 Å². The van der Waals surface area contributed by atoms with Gasteiger partial charge in [0.15, 0.2) is 0 Å². The van der Waals surface area contributed by atoms with E-state index >= 15 is 0 Å². The maximum atomic E-state index is 12.1. The number of halogens is 1. The molecule has 17 heavy (non-hydrogen) atoms. The molecule has 0 saturated carbocycles. The quantitative estimate of drug-likeness (QED) is 0.847. The van der Waals surface area contributed by atoms with E-state index in [0.29, 0.717) is 10.2 Å². The van der Waals surface area contributed by atoms with Crippen molar-refractivity contribution < 1.29 is 0 Å². The summed E-state index contributed by atoms with van der Waals surface area (Å²) in [5, 5.41) is 13.3. The van der Waals surface area contributed by atoms with Crippen LogP contribution in [0.15, 0.2) is 16.2 Å². The number of nitrogens with one attached hydrogen (secondary N) is 1. The SMILES string of the molecule is Cl.O=c1c2sccc2nnn1C1CCNCC1. The largest absolute Gasteiger partial charge is 0.317 e. The monoisotopic (exact) mass is 272 g/mol. The predicted molar refractivity (Wildman–Crippen MR) is 70.1 cm³/mol. The lowest BCUT2D eigenvalue weighted by atomic mass is 10.1. The molecule has 0 atom stereocenters. The van der Waals surface area contributed by atoms with Crippen LogP contribution in [-0.2, 0) is 0 Å². The molecular weight excluding hydrogens is 260 g/mol. The van der Waals surface area contributed by atoms with E-state index in [-0.39, 0.29) is 24.0 Å². The van der Waals surface area contributed by atoms with Crippen molar-refractivity contribution in [3.63, 3.8) is 0 Å². The number of fused-ring (bicyclic) bond motifs is 1. The highest BCUT2D eigenvalue weighted by Gasteiger charge is 2.18. The van der Waals surface area contributed by atoms with Crippen molar-refractivity contribution in [2.75, 3.05) is 13.1 Å². The summed E-state index contributed by atoms with van der Waals surface area (Å²) in [6.07, 6.45) is 1.90. The summed E-state index contributed by atoms with van der Waals surface area (Å²) in [6, 6.07) is 2.04. The van der Waals surface area contributed by atoms with Crippen molar-refractivity contribution in [3.05, 3.63) is 21.8 Å². The lowest BCUT2D eigenvalue weighted by Crippen LogP contribution is -2.35. The Balaban J connectivity index is 0.00000108. The molecule has 1 aliphatic rings. The highest BCUT2D eigenvalue weighted by atomic mass is 35.5. The third-order valence-corrected chi connectivity index (χ3v) is 3.84. The third-order valence-electron chi connectivity index (χ3n) is 2.95. The first-order valence-corrected chi connectivity index (χ1v) is 6.27. The Morgan fingerprint density at radius 2 is 2.18 bits per heavy atom. The zero-order chi connectivity index (χ0) is 11.0. The van der Waals surface area contributed by atoms with Crippen LogP contribution < -0.4 is 10.9 Å². The molecule has 92 valence electrons. The third kappa shape index (κ3) is 2.20. The van der Waals surface area contributed by atoms with Gasteiger partial charge in [-0.05, 0) is 37.4 Å². The standard InChI is InChI=1S/C10H12N4OS.ClH/c15-10-9-8(3-6-16-9)12-13-14(10)7-1-4-11-5-2-7;/h3,6-7,11H,1-2,4-5H2;1H. The summed E-state index contributed by atoms with van der Waals surface area (Å²) in [4.78, 5) is 12.1. The van der Waals surface area contributed by atoms with Gasteiger partial charge in [0.2, 0.25) is 0 Å². The van der Waals surface area contributed by atoms with Crippen LogP contribution >= 0.6 is 23.7 Å². The van der Waals surface area contributed by atoms with Crippen LogP contribution in [0.3, 0.4) is 0 Å². The van der Waals surface area contributed by atoms with Gasteiger partial charge in [-0.3, -0.25) is 4.79 Å². The van der Waals surface area contributed by atoms with E-state index in [2.05, 4.69) is 15.6 Å². The highest BCUT2D eigenvalue weighted by Crippen LogP contribution is 2.17. The van der Waals surface area contributed by atoms with Gasteiger partial charge in [0.1, 0.15) is 10.2 Å². The van der Waals surface area contributed by atoms with E-state index in [9.17, 15) is 4.79 Å². The fraction of sp³-hybridized carbons (Fsp3) is 0.500. The van der Waals surface area contributed by atoms with Crippen LogP contribution in [0.25, 0.3) is 10.2 Å². The fourth-order valence-corrected chi connectivity index (χ4v) is 2.83. The molecule has 1 aliphatic heterocycles. The van der Waals surface area contributed by atoms with E-state index in [1.807, 2.05) is 11.4 Å². The number of hydrogen-bond donors (Lipinski definition) is 1. The molecule has 0 amide bonds. The Kier molecular flexibility index (Phi) is 3.76. The van der Waals surface area contributed by atoms with Gasteiger partial charge in [0.25, 0.3) is 5.56 Å². The molecule has 0 bridgehead atoms. The summed E-state index contributed by atoms with van der Waals surface area (Å²) in [5.41, 5.74) is 0.715. The number of hydrogen-bond acceptors (Lipinski definition) is 5. The van der Waals surface area contributed by atoms with Crippen LogP contribution in [0.5, 0.6) is 0 Å². The molecule has 3 heterocycles. The van der Waals surface area contributed by atoms with E-state index in [1.165, 1.54) is 11.3 Å². The first-order chi connectivity index (χ1) is 7.86. The second-order valence-corrected chi connectivity index (χ2v) is 4.87. The molecule has 0 unspecified atom stereocenters. The van der Waals surface area contributed by atoms with Crippen LogP contribution in [0.2, 0.25) is 0 Å². The van der Waals surface area contributed by atoms with Crippen molar-refractivity contribution in [2.24, 2.45) is 0 Å². The summed E-state index contributed by atoms with van der Waals surface area (Å²) < 4.78 is 2.27. The summed E-state index contributed by atoms with van der Waals surface area (Å²) in [7, 11) is 0. The van der Waals surface area contributed by atoms with Gasteiger partial charge in [-0.2, -0.15) is 0 Å². The molecule has 0 aromatic carbocycles. The summed E-state index contributed by atoms with van der Waals surface area (Å²) >= 11 is 1.44. The lowest BCUT2D eigenvalue weighted by Gasteiger charge is -2.22. The first-order valence-electron chi connectivity index (χ1n) is 5.39. The van der Waals surface area contributed by atoms with Crippen LogP contribution in [-0.4, -0.2) is 28.1 Å². The van der Waals surface area contributed by atoms with Gasteiger partial charge in [-0.15, -0.1) is 28.8 Å². The summed E-state index contributed by atoms with van der Waals surface area (Å²) in [5.74, 6) is 0. The number of nitrogens with zero attached hydrogens (tertiary/aromatic N) is 3. The molecule has 1 fully saturated rings. The Morgan fingerprint density at radius 3 is 2.94 bits per heavy atom. The van der Waals surface area contributed by atoms with Gasteiger partial charge in [-0.1, -0.05) is 5.21 Å². The minimum atomic E-state index is 0. The molecule has 5 nitrogen and oxygen atoms in total. The fourth-order valence-electron chi connectivity index (χ4n) is 2.07. The zero-order valence-corrected chi connectivity index (χ0v) is 10.8. The molecule has 0 spiro atoms. The summed E-state index contributed by atoms with van der Waals surface area (Å²) in [6.45, 7) is 1.89. The molecule has 3 rings (SSSR count). The minimum absolute atomic E-state index is 0. The number of thiophene rings is 1. The Bertz CT molecular complexity index is 561. The molecular formula is C10H13ClN4OS. The van der Waals surface area contributed by atoms with Crippen molar-refractivity contribution in [2.45, 2.75) is 18.9 Å². The maximum absolute atomic E-state index is 12.1. The van der Waals surface area contributed by atoms with E-state index in [1.54, 1.807) is 4.68 Å². The molecule has 1 N–H and O–H groups in total. The second-order valence-electron chi connectivity index (χ2n) is 3.96. The van der Waals surface area contributed by atoms with Gasteiger partial charge in [-0.25, -0.2) is 4.68 Å². The number of piperidine rings is 1. The first kappa shape index (κ1) is 12.5. The molecule has 1 saturated heterocycles. The minimum Gasteiger partial charge on any atom is -0.317 e. The van der Waals surface area contributed by atoms with E-state index in [0.717, 1.165) is 25.9 Å². The van der Waals surface area contributed by atoms with Crippen LogP contribution in [0, 0.1) is 0 Å². The van der Waals surface area contributed by atoms with Crippen molar-refractivity contribution in [1.82, 2.24) is 20.3 Å². The maximum Gasteiger partial charge on any atom is 0.287 e. The average Bonchev–Trinajstić information content (AvgIpc) is 2.80. The Morgan fingerprint density at radius 1 is 1.41 bits per heavy atom. The van der Waals surface area contributed by atoms with Crippen molar-refractivity contribution in [3.8, 4) is 0 Å². The van der Waals surface area contributed by atoms with E-state index in [4.69, 9.17) is 0 Å². The molecule has 2 aromatic heterocycles. The van der Waals surface area contributed by atoms with Crippen molar-refractivity contribution in [1.29, 1.82) is 0 Å². The van der Waals surface area contributed by atoms with Gasteiger partial charge >= 0.3 is 0 Å². The zero-order valence-electron chi connectivity index (χ0n) is 9.13. The van der Waals surface area contributed by atoms with Gasteiger partial charge < -0.3 is 5.32 Å². The van der Waals surface area contributed by atoms with Gasteiger partial charge in [0.05, 0.1) is 6.04 Å². The van der Waals surface area contributed by atoms with Gasteiger partial charge in [0, 0.05) is 0 Å². The topological polar surface area (TPSA) is 59.8 Å². The molecule has 0 radical (unpaired) electrons. The number of aromatic nitrogens is 3. The Labute approximate surface area is 108 Å². The predicted octanol–water partition coefficient (Wildman–Crippen LogP) is 1.20. The smallest absolute Gasteiger partial charge is 0.287 e. The average molecular weight is 273 g/mol. The molecule has 0 aliphatic carbocycles. The lowest BCUT2D eigenvalue weighted by molar-refractivity contribution is 0.324. The normalized spacial score (nSPS) is 16.9. The second kappa shape index (κ2) is 5.12. The Hall–Kier alpha value is -0.980.